The highest BCUT2D eigenvalue weighted by molar-refractivity contribution is 5.01. The maximum atomic E-state index is 5.90. The van der Waals surface area contributed by atoms with Gasteiger partial charge in [0.25, 0.3) is 0 Å². The van der Waals surface area contributed by atoms with Gasteiger partial charge in [0.15, 0.2) is 0 Å². The molecule has 19 heavy (non-hydrogen) atoms. The van der Waals surface area contributed by atoms with Crippen molar-refractivity contribution in [2.45, 2.75) is 60.0 Å². The summed E-state index contributed by atoms with van der Waals surface area (Å²) in [5, 5.41) is 0. The lowest BCUT2D eigenvalue weighted by Crippen LogP contribution is -2.44. The van der Waals surface area contributed by atoms with E-state index >= 15 is 0 Å². The molecule has 3 atom stereocenters. The predicted molar refractivity (Wildman–Crippen MR) is 77.3 cm³/mol. The van der Waals surface area contributed by atoms with Gasteiger partial charge in [-0.25, -0.2) is 0 Å². The summed E-state index contributed by atoms with van der Waals surface area (Å²) in [7, 11) is 0. The molecule has 0 N–H and O–H groups in total. The summed E-state index contributed by atoms with van der Waals surface area (Å²) in [6.45, 7) is 9.36. The standard InChI is InChI=1S/C13H22O4.2CH4.H2/c1-12(2,3)6-9-7-14-11-10(9)15-8-13(11)16-4-5-17-13;;;/h9-11H,4-8H2,1-3H3;2*1H4;1H/i;;;1+1. The Morgan fingerprint density at radius 1 is 1.11 bits per heavy atom. The number of fused-ring (bicyclic) bond motifs is 2. The molecule has 3 fully saturated rings. The van der Waals surface area contributed by atoms with Crippen LogP contribution in [0.15, 0.2) is 0 Å². The normalized spacial score (nSPS) is 35.8. The highest BCUT2D eigenvalue weighted by Gasteiger charge is 2.60. The molecule has 3 saturated heterocycles. The third-order valence-corrected chi connectivity index (χ3v) is 3.81. The van der Waals surface area contributed by atoms with Gasteiger partial charge in [0, 0.05) is 7.34 Å². The molecule has 0 aromatic rings. The molecule has 0 bridgehead atoms. The number of rotatable bonds is 1. The van der Waals surface area contributed by atoms with Crippen LogP contribution in [-0.4, -0.2) is 44.4 Å². The minimum absolute atomic E-state index is 0. The molecule has 3 heterocycles. The summed E-state index contributed by atoms with van der Waals surface area (Å²) in [5.41, 5.74) is 0.305. The molecular weight excluding hydrogens is 244 g/mol. The van der Waals surface area contributed by atoms with Gasteiger partial charge in [0.05, 0.1) is 25.9 Å². The Labute approximate surface area is 119 Å². The first-order valence-electron chi connectivity index (χ1n) is 6.51. The van der Waals surface area contributed by atoms with E-state index in [1.54, 1.807) is 0 Å². The molecule has 4 heteroatoms. The minimum Gasteiger partial charge on any atom is -0.369 e. The van der Waals surface area contributed by atoms with Crippen molar-refractivity contribution in [3.8, 4) is 0 Å². The smallest absolute Gasteiger partial charge is 0.221 e. The fraction of sp³-hybridized carbons (Fsp3) is 1.00. The summed E-state index contributed by atoms with van der Waals surface area (Å²) >= 11 is 0. The van der Waals surface area contributed by atoms with E-state index in [1.165, 1.54) is 0 Å². The number of hydrogen-bond acceptors (Lipinski definition) is 4. The van der Waals surface area contributed by atoms with E-state index in [4.69, 9.17) is 18.9 Å². The van der Waals surface area contributed by atoms with Crippen LogP contribution >= 0.6 is 0 Å². The van der Waals surface area contributed by atoms with E-state index in [0.29, 0.717) is 31.2 Å². The molecule has 0 saturated carbocycles. The average molecular weight is 277 g/mol. The second kappa shape index (κ2) is 5.68. The van der Waals surface area contributed by atoms with E-state index in [0.717, 1.165) is 13.0 Å². The Morgan fingerprint density at radius 3 is 2.32 bits per heavy atom. The highest BCUT2D eigenvalue weighted by Crippen LogP contribution is 2.44. The molecule has 0 aromatic carbocycles. The summed E-state index contributed by atoms with van der Waals surface area (Å²) < 4.78 is 23.2. The van der Waals surface area contributed by atoms with Crippen molar-refractivity contribution < 1.29 is 20.4 Å². The Kier molecular flexibility index (Phi) is 5.05. The Balaban J connectivity index is 0.00000120. The number of hydrogen-bond donors (Lipinski definition) is 0. The lowest BCUT2D eigenvalue weighted by molar-refractivity contribution is -0.206. The third-order valence-electron chi connectivity index (χ3n) is 3.81. The fourth-order valence-electron chi connectivity index (χ4n) is 3.24. The summed E-state index contributed by atoms with van der Waals surface area (Å²) in [6.07, 6.45) is 1.23. The summed E-state index contributed by atoms with van der Waals surface area (Å²) in [6, 6.07) is 0. The van der Waals surface area contributed by atoms with Crippen molar-refractivity contribution in [3.05, 3.63) is 0 Å². The largest absolute Gasteiger partial charge is 0.369 e. The zero-order valence-corrected chi connectivity index (χ0v) is 10.9. The van der Waals surface area contributed by atoms with Crippen LogP contribution in [0.3, 0.4) is 0 Å². The van der Waals surface area contributed by atoms with Crippen LogP contribution in [0, 0.1) is 11.3 Å². The minimum atomic E-state index is -0.600. The molecule has 0 aromatic heterocycles. The molecule has 0 amide bonds. The second-order valence-electron chi connectivity index (χ2n) is 6.56. The number of ether oxygens (including phenoxy) is 4. The van der Waals surface area contributed by atoms with Crippen LogP contribution in [0.5, 0.6) is 0 Å². The van der Waals surface area contributed by atoms with Crippen LogP contribution in [0.25, 0.3) is 0 Å². The van der Waals surface area contributed by atoms with Crippen LogP contribution < -0.4 is 0 Å². The van der Waals surface area contributed by atoms with Gasteiger partial charge in [0.1, 0.15) is 12.7 Å². The first-order chi connectivity index (χ1) is 8.00. The fourth-order valence-corrected chi connectivity index (χ4v) is 3.24. The van der Waals surface area contributed by atoms with E-state index in [9.17, 15) is 0 Å². The van der Waals surface area contributed by atoms with Gasteiger partial charge in [-0.3, -0.25) is 0 Å². The van der Waals surface area contributed by atoms with Gasteiger partial charge in [-0.1, -0.05) is 35.6 Å². The Hall–Kier alpha value is -0.160. The van der Waals surface area contributed by atoms with Crippen LogP contribution in [-0.2, 0) is 18.9 Å². The maximum Gasteiger partial charge on any atom is 0.221 e. The van der Waals surface area contributed by atoms with Crippen molar-refractivity contribution in [2.75, 3.05) is 26.4 Å². The predicted octanol–water partition coefficient (Wildman–Crippen LogP) is 3.10. The van der Waals surface area contributed by atoms with Gasteiger partial charge in [0.2, 0.25) is 5.79 Å². The molecular formula is C15H32O4. The van der Waals surface area contributed by atoms with E-state index in [1.807, 2.05) is 0 Å². The molecule has 1 spiro atoms. The molecule has 0 aliphatic carbocycles. The molecule has 3 aliphatic heterocycles. The summed E-state index contributed by atoms with van der Waals surface area (Å²) in [4.78, 5) is 0. The maximum absolute atomic E-state index is 5.90. The van der Waals surface area contributed by atoms with Gasteiger partial charge in [-0.2, -0.15) is 0 Å². The topological polar surface area (TPSA) is 36.9 Å². The van der Waals surface area contributed by atoms with Gasteiger partial charge < -0.3 is 18.9 Å². The average Bonchev–Trinajstić information content (AvgIpc) is 2.87. The van der Waals surface area contributed by atoms with E-state index < -0.39 is 5.79 Å². The lowest BCUT2D eigenvalue weighted by Gasteiger charge is -2.26. The van der Waals surface area contributed by atoms with Crippen molar-refractivity contribution in [1.82, 2.24) is 0 Å². The van der Waals surface area contributed by atoms with Crippen LogP contribution in [0.2, 0.25) is 0 Å². The first kappa shape index (κ1) is 16.9. The molecule has 3 rings (SSSR count). The lowest BCUT2D eigenvalue weighted by atomic mass is 9.82. The van der Waals surface area contributed by atoms with Gasteiger partial charge >= 0.3 is 0 Å². The Bertz CT molecular complexity index is 297. The third kappa shape index (κ3) is 2.97. The first-order valence-corrected chi connectivity index (χ1v) is 6.51. The van der Waals surface area contributed by atoms with Crippen LogP contribution in [0.1, 0.15) is 43.5 Å². The SMILES string of the molecule is C.C.CC(C)(C)CC1COC2C1OCC21OCCO1.[2HH]. The van der Waals surface area contributed by atoms with Crippen molar-refractivity contribution >= 4 is 0 Å². The van der Waals surface area contributed by atoms with Gasteiger partial charge in [-0.05, 0) is 11.8 Å². The zero-order valence-electron chi connectivity index (χ0n) is 10.9. The van der Waals surface area contributed by atoms with E-state index in [-0.39, 0.29) is 28.5 Å². The molecule has 3 unspecified atom stereocenters. The molecule has 3 aliphatic rings. The van der Waals surface area contributed by atoms with Crippen LogP contribution in [0.4, 0.5) is 0 Å². The monoisotopic (exact) mass is 277 g/mol. The van der Waals surface area contributed by atoms with Crippen molar-refractivity contribution in [2.24, 2.45) is 11.3 Å². The van der Waals surface area contributed by atoms with E-state index in [2.05, 4.69) is 20.8 Å². The summed E-state index contributed by atoms with van der Waals surface area (Å²) in [5.74, 6) is -0.135. The molecule has 4 nitrogen and oxygen atoms in total. The molecule has 116 valence electrons. The second-order valence-corrected chi connectivity index (χ2v) is 6.56. The van der Waals surface area contributed by atoms with Crippen molar-refractivity contribution in [3.63, 3.8) is 0 Å². The zero-order chi connectivity index (χ0) is 12.1. The molecule has 0 radical (unpaired) electrons. The van der Waals surface area contributed by atoms with Gasteiger partial charge in [-0.15, -0.1) is 0 Å². The highest BCUT2D eigenvalue weighted by atomic mass is 16.8. The Morgan fingerprint density at radius 2 is 1.74 bits per heavy atom. The van der Waals surface area contributed by atoms with Crippen molar-refractivity contribution in [1.29, 1.82) is 0 Å². The quantitative estimate of drug-likeness (QED) is 0.738.